The van der Waals surface area contributed by atoms with Crippen LogP contribution in [-0.4, -0.2) is 11.4 Å². The van der Waals surface area contributed by atoms with Crippen LogP contribution in [0.3, 0.4) is 0 Å². The van der Waals surface area contributed by atoms with Crippen LogP contribution in [0.1, 0.15) is 27.2 Å². The Morgan fingerprint density at radius 2 is 1.55 bits per heavy atom. The Labute approximate surface area is 121 Å². The van der Waals surface area contributed by atoms with Crippen molar-refractivity contribution in [1.29, 1.82) is 0 Å². The van der Waals surface area contributed by atoms with E-state index < -0.39 is 0 Å². The van der Waals surface area contributed by atoms with E-state index in [1.165, 1.54) is 17.5 Å². The topological polar surface area (TPSA) is 59.9 Å². The second-order valence-corrected chi connectivity index (χ2v) is 3.70. The van der Waals surface area contributed by atoms with E-state index in [0.29, 0.717) is 0 Å². The van der Waals surface area contributed by atoms with E-state index in [1.54, 1.807) is 0 Å². The summed E-state index contributed by atoms with van der Waals surface area (Å²) in [6, 6.07) is 8.34. The molecule has 0 aromatic carbocycles. The average Bonchev–Trinajstić information content (AvgIpc) is 2.52. The van der Waals surface area contributed by atoms with E-state index in [-0.39, 0.29) is 6.41 Å². The number of amides is 1. The summed E-state index contributed by atoms with van der Waals surface area (Å²) in [5.41, 5.74) is 6.62. The van der Waals surface area contributed by atoms with Crippen molar-refractivity contribution in [3.63, 3.8) is 0 Å². The number of carbonyl (C=O) groups excluding carboxylic acids is 1. The summed E-state index contributed by atoms with van der Waals surface area (Å²) in [5, 5.41) is 0. The van der Waals surface area contributed by atoms with Crippen molar-refractivity contribution in [3.8, 4) is 11.1 Å². The molecule has 0 aliphatic carbocycles. The van der Waals surface area contributed by atoms with E-state index in [4.69, 9.17) is 4.79 Å². The Balaban J connectivity index is 0.000000641. The highest BCUT2D eigenvalue weighted by Crippen LogP contribution is 2.15. The molecule has 1 amide bonds. The minimum atomic E-state index is 0.250. The lowest BCUT2D eigenvalue weighted by molar-refractivity contribution is -0.696. The van der Waals surface area contributed by atoms with Crippen LogP contribution < -0.4 is 10.3 Å². The van der Waals surface area contributed by atoms with Crippen LogP contribution >= 0.6 is 0 Å². The van der Waals surface area contributed by atoms with Crippen molar-refractivity contribution in [2.45, 2.75) is 33.7 Å². The van der Waals surface area contributed by atoms with Gasteiger partial charge in [-0.05, 0) is 23.3 Å². The molecule has 0 saturated carbocycles. The zero-order chi connectivity index (χ0) is 15.2. The van der Waals surface area contributed by atoms with Crippen molar-refractivity contribution in [2.24, 2.45) is 5.73 Å². The molecule has 2 aromatic heterocycles. The van der Waals surface area contributed by atoms with Gasteiger partial charge in [-0.1, -0.05) is 20.8 Å². The Hall–Kier alpha value is -2.23. The number of hydrogen-bond donors (Lipinski definition) is 1. The van der Waals surface area contributed by atoms with Crippen molar-refractivity contribution in [3.05, 3.63) is 49.1 Å². The zero-order valence-electron chi connectivity index (χ0n) is 12.5. The van der Waals surface area contributed by atoms with E-state index >= 15 is 0 Å². The maximum atomic E-state index is 8.58. The van der Waals surface area contributed by atoms with Gasteiger partial charge >= 0.3 is 0 Å². The van der Waals surface area contributed by atoms with Crippen molar-refractivity contribution < 1.29 is 9.36 Å². The molecule has 0 bridgehead atoms. The molecule has 0 atom stereocenters. The third-order valence-electron chi connectivity index (χ3n) is 2.39. The number of primary amides is 1. The van der Waals surface area contributed by atoms with Gasteiger partial charge in [0.1, 0.15) is 6.54 Å². The molecule has 0 spiro atoms. The molecule has 0 saturated heterocycles. The zero-order valence-corrected chi connectivity index (χ0v) is 12.5. The Morgan fingerprint density at radius 1 is 1.10 bits per heavy atom. The first-order chi connectivity index (χ1) is 9.81. The van der Waals surface area contributed by atoms with Crippen molar-refractivity contribution in [1.82, 2.24) is 4.98 Å². The van der Waals surface area contributed by atoms with Gasteiger partial charge in [-0.3, -0.25) is 9.78 Å². The first-order valence-corrected chi connectivity index (χ1v) is 6.86. The molecular weight excluding hydrogens is 250 g/mol. The lowest BCUT2D eigenvalue weighted by atomic mass is 10.1. The maximum absolute atomic E-state index is 8.58. The molecule has 0 aliphatic heterocycles. The van der Waals surface area contributed by atoms with Crippen LogP contribution in [-0.2, 0) is 11.3 Å². The van der Waals surface area contributed by atoms with E-state index in [9.17, 15) is 0 Å². The number of nitrogens with two attached hydrogens (primary N) is 1. The summed E-state index contributed by atoms with van der Waals surface area (Å²) in [6.07, 6.45) is 9.31. The summed E-state index contributed by atoms with van der Waals surface area (Å²) < 4.78 is 2.20. The fourth-order valence-corrected chi connectivity index (χ4v) is 1.60. The highest BCUT2D eigenvalue weighted by molar-refractivity contribution is 5.61. The van der Waals surface area contributed by atoms with Gasteiger partial charge < -0.3 is 5.73 Å². The first-order valence-electron chi connectivity index (χ1n) is 6.86. The minimum Gasteiger partial charge on any atom is -0.372 e. The summed E-state index contributed by atoms with van der Waals surface area (Å²) in [4.78, 5) is 12.6. The Morgan fingerprint density at radius 3 is 2.00 bits per heavy atom. The molecule has 0 unspecified atom stereocenters. The van der Waals surface area contributed by atoms with Crippen molar-refractivity contribution >= 4 is 6.41 Å². The van der Waals surface area contributed by atoms with Gasteiger partial charge in [0.15, 0.2) is 12.4 Å². The highest BCUT2D eigenvalue weighted by atomic mass is 16.1. The van der Waals surface area contributed by atoms with Gasteiger partial charge in [-0.25, -0.2) is 4.57 Å². The van der Waals surface area contributed by atoms with Crippen LogP contribution in [0.5, 0.6) is 0 Å². The van der Waals surface area contributed by atoms with Crippen LogP contribution in [0.25, 0.3) is 11.1 Å². The molecule has 4 heteroatoms. The quantitative estimate of drug-likeness (QED) is 0.690. The summed E-state index contributed by atoms with van der Waals surface area (Å²) >= 11 is 0. The van der Waals surface area contributed by atoms with Crippen LogP contribution in [0.2, 0.25) is 0 Å². The van der Waals surface area contributed by atoms with Crippen LogP contribution in [0, 0.1) is 0 Å². The smallest absolute Gasteiger partial charge is 0.204 e. The van der Waals surface area contributed by atoms with E-state index in [0.717, 1.165) is 6.54 Å². The lowest BCUT2D eigenvalue weighted by Crippen LogP contribution is -2.31. The van der Waals surface area contributed by atoms with Gasteiger partial charge in [-0.2, -0.15) is 0 Å². The molecule has 0 radical (unpaired) electrons. The number of aryl methyl sites for hydroxylation is 1. The van der Waals surface area contributed by atoms with Gasteiger partial charge in [0.2, 0.25) is 6.41 Å². The molecular formula is C16H24N3O+. The molecule has 20 heavy (non-hydrogen) atoms. The number of carbonyl (C=O) groups is 1. The highest BCUT2D eigenvalue weighted by Gasteiger charge is 2.00. The number of pyridine rings is 2. The molecule has 0 aliphatic rings. The largest absolute Gasteiger partial charge is 0.372 e. The number of nitrogens with zero attached hydrogens (tertiary/aromatic N) is 2. The third-order valence-corrected chi connectivity index (χ3v) is 2.39. The SMILES string of the molecule is CC.CCC[n+]1ccc(-c2ccncc2)cc1.NC=O. The minimum absolute atomic E-state index is 0.250. The van der Waals surface area contributed by atoms with E-state index in [2.05, 4.69) is 46.7 Å². The molecule has 2 N–H and O–H groups in total. The fraction of sp³-hybridized carbons (Fsp3) is 0.312. The predicted octanol–water partition coefficient (Wildman–Crippen LogP) is 2.57. The number of aromatic nitrogens is 2. The van der Waals surface area contributed by atoms with Gasteiger partial charge in [0.05, 0.1) is 0 Å². The van der Waals surface area contributed by atoms with Gasteiger partial charge in [0.25, 0.3) is 0 Å². The molecule has 4 nitrogen and oxygen atoms in total. The average molecular weight is 274 g/mol. The predicted molar refractivity (Wildman–Crippen MR) is 81.8 cm³/mol. The molecule has 108 valence electrons. The Kier molecular flexibility index (Phi) is 10.5. The van der Waals surface area contributed by atoms with Crippen molar-refractivity contribution in [2.75, 3.05) is 0 Å². The standard InChI is InChI=1S/C13H15N2.C2H6.CH3NO/c1-2-9-15-10-5-13(6-11-15)12-3-7-14-8-4-12;1-2;2-1-3/h3-8,10-11H,2,9H2,1H3;1-2H3;1H,(H2,2,3)/q+1;;. The first kappa shape index (κ1) is 17.8. The summed E-state index contributed by atoms with van der Waals surface area (Å²) in [5.74, 6) is 0. The van der Waals surface area contributed by atoms with Crippen LogP contribution in [0.15, 0.2) is 49.1 Å². The molecule has 2 heterocycles. The second-order valence-electron chi connectivity index (χ2n) is 3.70. The number of rotatable bonds is 3. The fourth-order valence-electron chi connectivity index (χ4n) is 1.60. The molecule has 2 aromatic rings. The summed E-state index contributed by atoms with van der Waals surface area (Å²) in [6.45, 7) is 7.26. The van der Waals surface area contributed by atoms with Gasteiger partial charge in [0, 0.05) is 30.9 Å². The lowest BCUT2D eigenvalue weighted by Gasteiger charge is -1.99. The molecule has 2 rings (SSSR count). The van der Waals surface area contributed by atoms with Gasteiger partial charge in [-0.15, -0.1) is 0 Å². The van der Waals surface area contributed by atoms with Crippen LogP contribution in [0.4, 0.5) is 0 Å². The second kappa shape index (κ2) is 11.8. The number of hydrogen-bond acceptors (Lipinski definition) is 2. The monoisotopic (exact) mass is 274 g/mol. The Bertz CT molecular complexity index is 455. The molecule has 0 fully saturated rings. The third kappa shape index (κ3) is 6.64. The summed E-state index contributed by atoms with van der Waals surface area (Å²) in [7, 11) is 0. The maximum Gasteiger partial charge on any atom is 0.204 e. The normalized spacial score (nSPS) is 8.55. The van der Waals surface area contributed by atoms with E-state index in [1.807, 2.05) is 38.4 Å².